The first kappa shape index (κ1) is 20.0. The summed E-state index contributed by atoms with van der Waals surface area (Å²) < 4.78 is 15.9. The number of hydrogen-bond donors (Lipinski definition) is 0. The van der Waals surface area contributed by atoms with Crippen molar-refractivity contribution in [3.05, 3.63) is 71.8 Å². The number of carbonyl (C=O) groups excluding carboxylic acids is 1. The van der Waals surface area contributed by atoms with Gasteiger partial charge in [-0.25, -0.2) is 4.79 Å². The number of ether oxygens (including phenoxy) is 3. The minimum atomic E-state index is -0.524. The van der Waals surface area contributed by atoms with Crippen LogP contribution < -0.4 is 9.47 Å². The molecule has 3 aromatic rings. The summed E-state index contributed by atoms with van der Waals surface area (Å²) in [6.45, 7) is 1.96. The van der Waals surface area contributed by atoms with Crippen molar-refractivity contribution >= 4 is 5.97 Å². The van der Waals surface area contributed by atoms with Crippen LogP contribution >= 0.6 is 0 Å². The number of benzene rings is 3. The molecule has 0 saturated carbocycles. The molecule has 3 rings (SSSR count). The summed E-state index contributed by atoms with van der Waals surface area (Å²) in [7, 11) is 3.14. The third kappa shape index (κ3) is 4.07. The van der Waals surface area contributed by atoms with Crippen LogP contribution in [-0.4, -0.2) is 26.8 Å². The van der Waals surface area contributed by atoms with Crippen LogP contribution in [-0.2, 0) is 4.74 Å². The smallest absolute Gasteiger partial charge is 0.339 e. The third-order valence-corrected chi connectivity index (χ3v) is 4.55. The Kier molecular flexibility index (Phi) is 6.16. The van der Waals surface area contributed by atoms with Gasteiger partial charge in [0.25, 0.3) is 0 Å². The van der Waals surface area contributed by atoms with Crippen LogP contribution in [0, 0.1) is 11.3 Å². The number of esters is 1. The summed E-state index contributed by atoms with van der Waals surface area (Å²) in [4.78, 5) is 12.6. The number of carbonyl (C=O) groups is 1. The fourth-order valence-corrected chi connectivity index (χ4v) is 3.16. The van der Waals surface area contributed by atoms with Gasteiger partial charge in [0.1, 0.15) is 6.07 Å². The van der Waals surface area contributed by atoms with E-state index in [9.17, 15) is 10.1 Å². The molecule has 29 heavy (non-hydrogen) atoms. The molecule has 0 heterocycles. The summed E-state index contributed by atoms with van der Waals surface area (Å²) in [5, 5.41) is 9.80. The minimum absolute atomic E-state index is 0.227. The maximum absolute atomic E-state index is 12.6. The molecule has 0 aliphatic rings. The van der Waals surface area contributed by atoms with Crippen molar-refractivity contribution in [3.63, 3.8) is 0 Å². The first-order chi connectivity index (χ1) is 14.1. The van der Waals surface area contributed by atoms with Crippen molar-refractivity contribution in [2.75, 3.05) is 20.8 Å². The molecule has 0 aromatic heterocycles. The molecule has 0 bridgehead atoms. The van der Waals surface area contributed by atoms with Crippen LogP contribution in [0.2, 0.25) is 0 Å². The van der Waals surface area contributed by atoms with Gasteiger partial charge in [0, 0.05) is 5.56 Å². The minimum Gasteiger partial charge on any atom is -0.493 e. The molecular formula is C24H21NO4. The lowest BCUT2D eigenvalue weighted by molar-refractivity contribution is 0.0526. The first-order valence-electron chi connectivity index (χ1n) is 9.16. The molecule has 0 unspecified atom stereocenters. The Balaban J connectivity index is 2.27. The first-order valence-corrected chi connectivity index (χ1v) is 9.16. The van der Waals surface area contributed by atoms with E-state index >= 15 is 0 Å². The molecular weight excluding hydrogens is 366 g/mol. The summed E-state index contributed by atoms with van der Waals surface area (Å²) in [5.41, 5.74) is 3.64. The molecule has 3 aromatic carbocycles. The SMILES string of the molecule is CCOC(=O)c1cc(-c2ccc(OC)c(OC)c2)cc(-c2ccccc2)c1C#N. The van der Waals surface area contributed by atoms with E-state index < -0.39 is 5.97 Å². The van der Waals surface area contributed by atoms with Crippen molar-refractivity contribution < 1.29 is 19.0 Å². The largest absolute Gasteiger partial charge is 0.493 e. The molecule has 5 nitrogen and oxygen atoms in total. The highest BCUT2D eigenvalue weighted by Gasteiger charge is 2.20. The molecule has 0 spiro atoms. The molecule has 0 radical (unpaired) electrons. The third-order valence-electron chi connectivity index (χ3n) is 4.55. The van der Waals surface area contributed by atoms with Gasteiger partial charge in [-0.05, 0) is 47.9 Å². The van der Waals surface area contributed by atoms with Gasteiger partial charge in [-0.15, -0.1) is 0 Å². The van der Waals surface area contributed by atoms with Gasteiger partial charge in [-0.2, -0.15) is 5.26 Å². The highest BCUT2D eigenvalue weighted by atomic mass is 16.5. The zero-order valence-electron chi connectivity index (χ0n) is 16.6. The number of hydrogen-bond acceptors (Lipinski definition) is 5. The van der Waals surface area contributed by atoms with Crippen LogP contribution in [0.5, 0.6) is 11.5 Å². The van der Waals surface area contributed by atoms with Crippen LogP contribution in [0.25, 0.3) is 22.3 Å². The van der Waals surface area contributed by atoms with E-state index in [4.69, 9.17) is 14.2 Å². The van der Waals surface area contributed by atoms with Crippen LogP contribution in [0.3, 0.4) is 0 Å². The van der Waals surface area contributed by atoms with Crippen molar-refractivity contribution in [3.8, 4) is 39.8 Å². The molecule has 0 saturated heterocycles. The lowest BCUT2D eigenvalue weighted by Gasteiger charge is -2.14. The fraction of sp³-hybridized carbons (Fsp3) is 0.167. The Morgan fingerprint density at radius 3 is 2.24 bits per heavy atom. The van der Waals surface area contributed by atoms with Crippen molar-refractivity contribution in [2.24, 2.45) is 0 Å². The van der Waals surface area contributed by atoms with Gasteiger partial charge < -0.3 is 14.2 Å². The average molecular weight is 387 g/mol. The molecule has 5 heteroatoms. The van der Waals surface area contributed by atoms with Crippen molar-refractivity contribution in [1.29, 1.82) is 5.26 Å². The second-order valence-electron chi connectivity index (χ2n) is 6.21. The van der Waals surface area contributed by atoms with Crippen LogP contribution in [0.4, 0.5) is 0 Å². The summed E-state index contributed by atoms with van der Waals surface area (Å²) >= 11 is 0. The Hall–Kier alpha value is -3.78. The molecule has 0 N–H and O–H groups in total. The highest BCUT2D eigenvalue weighted by molar-refractivity contribution is 5.97. The standard InChI is InChI=1S/C24H21NO4/c1-4-29-24(26)20-13-18(17-10-11-22(27-2)23(14-17)28-3)12-19(21(20)15-25)16-8-6-5-7-9-16/h5-14H,4H2,1-3H3. The predicted octanol–water partition coefficient (Wildman–Crippen LogP) is 5.09. The van der Waals surface area contributed by atoms with E-state index in [0.29, 0.717) is 22.6 Å². The zero-order chi connectivity index (χ0) is 20.8. The monoisotopic (exact) mass is 387 g/mol. The molecule has 0 atom stereocenters. The molecule has 0 fully saturated rings. The molecule has 0 aliphatic heterocycles. The molecule has 0 amide bonds. The van der Waals surface area contributed by atoms with E-state index in [1.54, 1.807) is 33.3 Å². The second kappa shape index (κ2) is 8.94. The summed E-state index contributed by atoms with van der Waals surface area (Å²) in [6, 6.07) is 20.8. The zero-order valence-corrected chi connectivity index (χ0v) is 16.6. The second-order valence-corrected chi connectivity index (χ2v) is 6.21. The van der Waals surface area contributed by atoms with E-state index in [-0.39, 0.29) is 12.2 Å². The molecule has 0 aliphatic carbocycles. The van der Waals surface area contributed by atoms with Crippen molar-refractivity contribution in [2.45, 2.75) is 6.92 Å². The van der Waals surface area contributed by atoms with E-state index in [1.807, 2.05) is 48.5 Å². The van der Waals surface area contributed by atoms with Gasteiger partial charge in [0.05, 0.1) is 32.0 Å². The Morgan fingerprint density at radius 2 is 1.62 bits per heavy atom. The maximum atomic E-state index is 12.6. The van der Waals surface area contributed by atoms with E-state index in [0.717, 1.165) is 16.7 Å². The van der Waals surface area contributed by atoms with E-state index in [2.05, 4.69) is 6.07 Å². The quantitative estimate of drug-likeness (QED) is 0.551. The average Bonchev–Trinajstić information content (AvgIpc) is 2.78. The number of methoxy groups -OCH3 is 2. The normalized spacial score (nSPS) is 10.1. The van der Waals surface area contributed by atoms with Crippen molar-refractivity contribution in [1.82, 2.24) is 0 Å². The Labute approximate surface area is 170 Å². The van der Waals surface area contributed by atoms with Crippen LogP contribution in [0.1, 0.15) is 22.8 Å². The summed E-state index contributed by atoms with van der Waals surface area (Å²) in [6.07, 6.45) is 0. The van der Waals surface area contributed by atoms with Gasteiger partial charge in [0.2, 0.25) is 0 Å². The molecule has 146 valence electrons. The van der Waals surface area contributed by atoms with E-state index in [1.165, 1.54) is 0 Å². The number of nitriles is 1. The highest BCUT2D eigenvalue weighted by Crippen LogP contribution is 2.36. The van der Waals surface area contributed by atoms with Gasteiger partial charge in [0.15, 0.2) is 11.5 Å². The lowest BCUT2D eigenvalue weighted by Crippen LogP contribution is -2.08. The number of rotatable bonds is 6. The van der Waals surface area contributed by atoms with Gasteiger partial charge >= 0.3 is 5.97 Å². The van der Waals surface area contributed by atoms with Gasteiger partial charge in [-0.1, -0.05) is 36.4 Å². The van der Waals surface area contributed by atoms with Gasteiger partial charge in [-0.3, -0.25) is 0 Å². The maximum Gasteiger partial charge on any atom is 0.339 e. The summed E-state index contributed by atoms with van der Waals surface area (Å²) in [5.74, 6) is 0.663. The Bertz CT molecular complexity index is 1070. The topological polar surface area (TPSA) is 68.6 Å². The predicted molar refractivity (Wildman–Crippen MR) is 111 cm³/mol. The number of nitrogens with zero attached hydrogens (tertiary/aromatic N) is 1. The lowest BCUT2D eigenvalue weighted by atomic mass is 9.91. The fourth-order valence-electron chi connectivity index (χ4n) is 3.16. The Morgan fingerprint density at radius 1 is 0.897 bits per heavy atom. The van der Waals surface area contributed by atoms with Crippen LogP contribution in [0.15, 0.2) is 60.7 Å².